The molecule has 1 aromatic carbocycles. The molecule has 0 aliphatic carbocycles. The van der Waals surface area contributed by atoms with Crippen LogP contribution in [0.4, 0.5) is 0 Å². The zero-order valence-electron chi connectivity index (χ0n) is 10.5. The van der Waals surface area contributed by atoms with Crippen LogP contribution in [0.1, 0.15) is 32.8 Å². The van der Waals surface area contributed by atoms with Crippen LogP contribution >= 0.6 is 0 Å². The molecule has 1 aromatic rings. The number of ketones is 1. The fraction of sp³-hybridized carbons (Fsp3) is 0.429. The molecule has 17 heavy (non-hydrogen) atoms. The number of carbonyl (C=O) groups is 2. The van der Waals surface area contributed by atoms with E-state index in [9.17, 15) is 9.59 Å². The maximum absolute atomic E-state index is 11.2. The molecule has 0 aliphatic heterocycles. The summed E-state index contributed by atoms with van der Waals surface area (Å²) < 4.78 is 4.94. The number of ether oxygens (including phenoxy) is 1. The number of benzene rings is 1. The standard InChI is InChI=1S/C14H18O3/c1-4-13(15)14(16)17-12-7-5-11(6-8-12)9-10(2)3/h5-8,10H,4,9H2,1-3H3. The van der Waals surface area contributed by atoms with E-state index in [0.717, 1.165) is 6.42 Å². The van der Waals surface area contributed by atoms with Gasteiger partial charge in [0.05, 0.1) is 0 Å². The SMILES string of the molecule is CCC(=O)C(=O)Oc1ccc(CC(C)C)cc1. The van der Waals surface area contributed by atoms with E-state index in [1.807, 2.05) is 12.1 Å². The predicted octanol–water partition coefficient (Wildman–Crippen LogP) is 2.77. The maximum Gasteiger partial charge on any atom is 0.379 e. The quantitative estimate of drug-likeness (QED) is 0.447. The lowest BCUT2D eigenvalue weighted by Gasteiger charge is -2.06. The van der Waals surface area contributed by atoms with Gasteiger partial charge in [0.25, 0.3) is 0 Å². The summed E-state index contributed by atoms with van der Waals surface area (Å²) in [6.07, 6.45) is 1.16. The van der Waals surface area contributed by atoms with Gasteiger partial charge in [-0.1, -0.05) is 32.9 Å². The van der Waals surface area contributed by atoms with E-state index in [4.69, 9.17) is 4.74 Å². The summed E-state index contributed by atoms with van der Waals surface area (Å²) in [7, 11) is 0. The zero-order valence-corrected chi connectivity index (χ0v) is 10.5. The molecule has 3 heteroatoms. The van der Waals surface area contributed by atoms with Gasteiger partial charge in [-0.25, -0.2) is 4.79 Å². The summed E-state index contributed by atoms with van der Waals surface area (Å²) in [5.41, 5.74) is 1.20. The van der Waals surface area contributed by atoms with Crippen molar-refractivity contribution in [1.29, 1.82) is 0 Å². The summed E-state index contributed by atoms with van der Waals surface area (Å²) in [5, 5.41) is 0. The molecule has 3 nitrogen and oxygen atoms in total. The fourth-order valence-corrected chi connectivity index (χ4v) is 1.47. The molecular weight excluding hydrogens is 216 g/mol. The van der Waals surface area contributed by atoms with Crippen molar-refractivity contribution in [3.05, 3.63) is 29.8 Å². The molecule has 0 radical (unpaired) electrons. The second kappa shape index (κ2) is 6.18. The van der Waals surface area contributed by atoms with Gasteiger partial charge in [-0.05, 0) is 30.0 Å². The lowest BCUT2D eigenvalue weighted by Crippen LogP contribution is -2.19. The molecule has 0 N–H and O–H groups in total. The van der Waals surface area contributed by atoms with Crippen molar-refractivity contribution >= 4 is 11.8 Å². The lowest BCUT2D eigenvalue weighted by molar-refractivity contribution is -0.146. The number of esters is 1. The minimum absolute atomic E-state index is 0.171. The highest BCUT2D eigenvalue weighted by Gasteiger charge is 2.13. The van der Waals surface area contributed by atoms with Crippen LogP contribution in [0.5, 0.6) is 5.75 Å². The Labute approximate surface area is 102 Å². The Kier molecular flexibility index (Phi) is 4.88. The highest BCUT2D eigenvalue weighted by atomic mass is 16.5. The summed E-state index contributed by atoms with van der Waals surface area (Å²) in [6, 6.07) is 7.27. The van der Waals surface area contributed by atoms with E-state index in [1.165, 1.54) is 5.56 Å². The Morgan fingerprint density at radius 1 is 1.18 bits per heavy atom. The molecule has 1 rings (SSSR count). The number of rotatable bonds is 5. The highest BCUT2D eigenvalue weighted by molar-refractivity contribution is 6.34. The van der Waals surface area contributed by atoms with Crippen LogP contribution in [0.3, 0.4) is 0 Å². The van der Waals surface area contributed by atoms with Crippen molar-refractivity contribution in [3.63, 3.8) is 0 Å². The molecule has 0 aliphatic rings. The van der Waals surface area contributed by atoms with E-state index < -0.39 is 11.8 Å². The summed E-state index contributed by atoms with van der Waals surface area (Å²) in [6.45, 7) is 5.93. The van der Waals surface area contributed by atoms with Crippen LogP contribution in [0.25, 0.3) is 0 Å². The van der Waals surface area contributed by atoms with E-state index in [2.05, 4.69) is 13.8 Å². The first-order chi connectivity index (χ1) is 8.02. The Morgan fingerprint density at radius 3 is 2.24 bits per heavy atom. The molecule has 92 valence electrons. The number of Topliss-reactive ketones (excluding diaryl/α,β-unsaturated/α-hetero) is 1. The smallest absolute Gasteiger partial charge is 0.379 e. The number of carbonyl (C=O) groups excluding carboxylic acids is 2. The van der Waals surface area contributed by atoms with Gasteiger partial charge in [0.1, 0.15) is 5.75 Å². The average Bonchev–Trinajstić information content (AvgIpc) is 2.30. The molecule has 0 unspecified atom stereocenters. The van der Waals surface area contributed by atoms with Gasteiger partial charge >= 0.3 is 5.97 Å². The van der Waals surface area contributed by atoms with Crippen LogP contribution in [0, 0.1) is 5.92 Å². The van der Waals surface area contributed by atoms with Crippen molar-refractivity contribution in [2.24, 2.45) is 5.92 Å². The minimum Gasteiger partial charge on any atom is -0.421 e. The van der Waals surface area contributed by atoms with Crippen molar-refractivity contribution in [2.45, 2.75) is 33.6 Å². The third-order valence-corrected chi connectivity index (χ3v) is 2.33. The predicted molar refractivity (Wildman–Crippen MR) is 65.9 cm³/mol. The van der Waals surface area contributed by atoms with Gasteiger partial charge < -0.3 is 4.74 Å². The molecule has 0 bridgehead atoms. The third-order valence-electron chi connectivity index (χ3n) is 2.33. The highest BCUT2D eigenvalue weighted by Crippen LogP contribution is 2.15. The monoisotopic (exact) mass is 234 g/mol. The summed E-state index contributed by atoms with van der Waals surface area (Å²) in [4.78, 5) is 22.3. The molecule has 0 spiro atoms. The van der Waals surface area contributed by atoms with E-state index in [-0.39, 0.29) is 6.42 Å². The third kappa shape index (κ3) is 4.39. The molecule has 0 fully saturated rings. The van der Waals surface area contributed by atoms with Gasteiger partial charge in [0.15, 0.2) is 0 Å². The largest absolute Gasteiger partial charge is 0.421 e. The van der Waals surface area contributed by atoms with Crippen LogP contribution in [0.15, 0.2) is 24.3 Å². The summed E-state index contributed by atoms with van der Waals surface area (Å²) >= 11 is 0. The van der Waals surface area contributed by atoms with Crippen molar-refractivity contribution in [1.82, 2.24) is 0 Å². The van der Waals surface area contributed by atoms with Gasteiger partial charge in [-0.2, -0.15) is 0 Å². The Bertz CT molecular complexity index is 390. The van der Waals surface area contributed by atoms with Crippen molar-refractivity contribution in [3.8, 4) is 5.75 Å². The molecule has 0 atom stereocenters. The lowest BCUT2D eigenvalue weighted by atomic mass is 10.0. The number of hydrogen-bond acceptors (Lipinski definition) is 3. The first kappa shape index (κ1) is 13.4. The maximum atomic E-state index is 11.2. The Balaban J connectivity index is 2.62. The molecule has 0 saturated heterocycles. The van der Waals surface area contributed by atoms with Gasteiger partial charge in [0, 0.05) is 6.42 Å². The second-order valence-corrected chi connectivity index (χ2v) is 4.41. The van der Waals surface area contributed by atoms with Crippen molar-refractivity contribution < 1.29 is 14.3 Å². The molecule has 0 heterocycles. The van der Waals surface area contributed by atoms with Gasteiger partial charge in [-0.15, -0.1) is 0 Å². The van der Waals surface area contributed by atoms with Gasteiger partial charge in [-0.3, -0.25) is 4.79 Å². The topological polar surface area (TPSA) is 43.4 Å². The van der Waals surface area contributed by atoms with Crippen LogP contribution in [0.2, 0.25) is 0 Å². The Hall–Kier alpha value is -1.64. The van der Waals surface area contributed by atoms with Gasteiger partial charge in [0.2, 0.25) is 5.78 Å². The second-order valence-electron chi connectivity index (χ2n) is 4.41. The zero-order chi connectivity index (χ0) is 12.8. The number of hydrogen-bond donors (Lipinski definition) is 0. The van der Waals surface area contributed by atoms with Crippen LogP contribution in [-0.4, -0.2) is 11.8 Å². The van der Waals surface area contributed by atoms with Crippen molar-refractivity contribution in [2.75, 3.05) is 0 Å². The van der Waals surface area contributed by atoms with E-state index in [1.54, 1.807) is 19.1 Å². The normalized spacial score (nSPS) is 10.4. The summed E-state index contributed by atoms with van der Waals surface area (Å²) in [5.74, 6) is -0.283. The molecule has 0 aromatic heterocycles. The van der Waals surface area contributed by atoms with Crippen LogP contribution < -0.4 is 4.74 Å². The average molecular weight is 234 g/mol. The first-order valence-corrected chi connectivity index (χ1v) is 5.87. The van der Waals surface area contributed by atoms with Crippen LogP contribution in [-0.2, 0) is 16.0 Å². The molecule has 0 saturated carbocycles. The molecular formula is C14H18O3. The minimum atomic E-state index is -0.788. The Morgan fingerprint density at radius 2 is 1.76 bits per heavy atom. The van der Waals surface area contributed by atoms with E-state index in [0.29, 0.717) is 11.7 Å². The van der Waals surface area contributed by atoms with E-state index >= 15 is 0 Å². The first-order valence-electron chi connectivity index (χ1n) is 5.87. The fourth-order valence-electron chi connectivity index (χ4n) is 1.47. The molecule has 0 amide bonds.